The Morgan fingerprint density at radius 1 is 1.10 bits per heavy atom. The standard InChI is InChI=1S/C21H20BBrClN5O/c1-22(30)26-12-15-6-4-5-14(9-15)11-25-20-10-19(16-7-2-3-8-18(16)24)28-21-17(23)13-27-29(20)21/h2-10,13,25-26,30H,11-12H2,1H3. The van der Waals surface area contributed by atoms with E-state index in [0.717, 1.165) is 32.7 Å². The highest BCUT2D eigenvalue weighted by molar-refractivity contribution is 9.10. The van der Waals surface area contributed by atoms with Crippen molar-refractivity contribution >= 4 is 46.0 Å². The van der Waals surface area contributed by atoms with Crippen molar-refractivity contribution in [2.45, 2.75) is 19.9 Å². The molecular formula is C21H20BBrClN5O. The zero-order valence-electron chi connectivity index (χ0n) is 16.3. The molecule has 0 aliphatic carbocycles. The van der Waals surface area contributed by atoms with Gasteiger partial charge in [-0.25, -0.2) is 4.98 Å². The Morgan fingerprint density at radius 3 is 2.63 bits per heavy atom. The van der Waals surface area contributed by atoms with Gasteiger partial charge in [-0.05, 0) is 39.9 Å². The van der Waals surface area contributed by atoms with Gasteiger partial charge in [0.1, 0.15) is 5.82 Å². The first-order valence-electron chi connectivity index (χ1n) is 9.53. The fraction of sp³-hybridized carbons (Fsp3) is 0.143. The quantitative estimate of drug-likeness (QED) is 0.334. The van der Waals surface area contributed by atoms with Crippen molar-refractivity contribution in [2.24, 2.45) is 0 Å². The lowest BCUT2D eigenvalue weighted by Gasteiger charge is -2.12. The molecule has 0 bridgehead atoms. The lowest BCUT2D eigenvalue weighted by molar-refractivity contribution is 0.554. The highest BCUT2D eigenvalue weighted by Gasteiger charge is 2.13. The number of halogens is 2. The van der Waals surface area contributed by atoms with Crippen molar-refractivity contribution in [3.8, 4) is 11.3 Å². The van der Waals surface area contributed by atoms with Crippen molar-refractivity contribution in [1.29, 1.82) is 0 Å². The molecule has 0 aliphatic rings. The van der Waals surface area contributed by atoms with Gasteiger partial charge in [-0.2, -0.15) is 9.61 Å². The van der Waals surface area contributed by atoms with Crippen LogP contribution < -0.4 is 10.5 Å². The summed E-state index contributed by atoms with van der Waals surface area (Å²) in [6.45, 7) is 2.92. The Morgan fingerprint density at radius 2 is 1.87 bits per heavy atom. The molecule has 0 aliphatic heterocycles. The fourth-order valence-electron chi connectivity index (χ4n) is 3.18. The molecule has 30 heavy (non-hydrogen) atoms. The summed E-state index contributed by atoms with van der Waals surface area (Å²) in [7, 11) is -0.543. The molecule has 0 unspecified atom stereocenters. The lowest BCUT2D eigenvalue weighted by Crippen LogP contribution is -2.29. The van der Waals surface area contributed by atoms with Crippen LogP contribution in [0.1, 0.15) is 11.1 Å². The smallest absolute Gasteiger partial charge is 0.373 e. The van der Waals surface area contributed by atoms with Gasteiger partial charge in [0.05, 0.1) is 16.4 Å². The van der Waals surface area contributed by atoms with Gasteiger partial charge >= 0.3 is 7.05 Å². The lowest BCUT2D eigenvalue weighted by atomic mass is 9.88. The Kier molecular flexibility index (Phi) is 6.39. The van der Waals surface area contributed by atoms with Gasteiger partial charge in [0, 0.05) is 29.7 Å². The van der Waals surface area contributed by atoms with Gasteiger partial charge in [-0.15, -0.1) is 0 Å². The number of hydrogen-bond acceptors (Lipinski definition) is 5. The topological polar surface area (TPSA) is 74.5 Å². The normalized spacial score (nSPS) is 11.1. The van der Waals surface area contributed by atoms with Crippen molar-refractivity contribution in [2.75, 3.05) is 5.32 Å². The molecule has 0 saturated heterocycles. The number of benzene rings is 2. The van der Waals surface area contributed by atoms with Crippen LogP contribution in [0, 0.1) is 0 Å². The summed E-state index contributed by atoms with van der Waals surface area (Å²) in [4.78, 5) is 4.73. The van der Waals surface area contributed by atoms with E-state index in [9.17, 15) is 5.02 Å². The summed E-state index contributed by atoms with van der Waals surface area (Å²) in [5.41, 5.74) is 4.57. The van der Waals surface area contributed by atoms with Gasteiger partial charge in [-0.1, -0.05) is 54.1 Å². The van der Waals surface area contributed by atoms with Gasteiger partial charge in [0.2, 0.25) is 0 Å². The number of nitrogens with zero attached hydrogens (tertiary/aromatic N) is 3. The summed E-state index contributed by atoms with van der Waals surface area (Å²) in [5.74, 6) is 0.813. The molecule has 0 spiro atoms. The van der Waals surface area contributed by atoms with E-state index >= 15 is 0 Å². The molecule has 0 fully saturated rings. The van der Waals surface area contributed by atoms with E-state index in [1.807, 2.05) is 42.5 Å². The molecule has 4 rings (SSSR count). The zero-order chi connectivity index (χ0) is 21.1. The Hall–Kier alpha value is -2.39. The molecule has 0 radical (unpaired) electrons. The maximum absolute atomic E-state index is 9.42. The molecule has 3 N–H and O–H groups in total. The van der Waals surface area contributed by atoms with E-state index < -0.39 is 7.05 Å². The van der Waals surface area contributed by atoms with Crippen LogP contribution in [0.2, 0.25) is 11.8 Å². The number of hydrogen-bond donors (Lipinski definition) is 3. The minimum Gasteiger partial charge on any atom is -0.437 e. The van der Waals surface area contributed by atoms with Crippen LogP contribution in [0.3, 0.4) is 0 Å². The van der Waals surface area contributed by atoms with Crippen molar-refractivity contribution in [1.82, 2.24) is 19.8 Å². The van der Waals surface area contributed by atoms with Crippen molar-refractivity contribution < 1.29 is 5.02 Å². The van der Waals surface area contributed by atoms with Gasteiger partial charge in [0.15, 0.2) is 5.65 Å². The maximum Gasteiger partial charge on any atom is 0.373 e. The molecule has 6 nitrogen and oxygen atoms in total. The Balaban J connectivity index is 1.63. The minimum absolute atomic E-state index is 0.543. The van der Waals surface area contributed by atoms with E-state index in [0.29, 0.717) is 23.8 Å². The summed E-state index contributed by atoms with van der Waals surface area (Å²) in [6.07, 6.45) is 1.73. The molecule has 0 atom stereocenters. The molecule has 4 aromatic rings. The number of rotatable bonds is 7. The number of anilines is 1. The van der Waals surface area contributed by atoms with Crippen LogP contribution in [0.4, 0.5) is 5.82 Å². The van der Waals surface area contributed by atoms with E-state index in [-0.39, 0.29) is 0 Å². The second kappa shape index (κ2) is 9.18. The molecule has 2 aromatic heterocycles. The third kappa shape index (κ3) is 4.68. The summed E-state index contributed by atoms with van der Waals surface area (Å²) in [5, 5.41) is 21.0. The Bertz CT molecular complexity index is 1180. The second-order valence-corrected chi connectivity index (χ2v) is 8.23. The first-order valence-corrected chi connectivity index (χ1v) is 10.7. The van der Waals surface area contributed by atoms with Gasteiger partial charge in [0.25, 0.3) is 0 Å². The zero-order valence-corrected chi connectivity index (χ0v) is 18.7. The molecule has 152 valence electrons. The number of aromatic nitrogens is 3. The third-order valence-electron chi connectivity index (χ3n) is 4.65. The Labute approximate surface area is 188 Å². The van der Waals surface area contributed by atoms with Gasteiger partial charge in [-0.3, -0.25) is 0 Å². The van der Waals surface area contributed by atoms with Gasteiger partial charge < -0.3 is 15.6 Å². The summed E-state index contributed by atoms with van der Waals surface area (Å²) < 4.78 is 2.58. The molecular weight excluding hydrogens is 464 g/mol. The number of fused-ring (bicyclic) bond motifs is 1. The van der Waals surface area contributed by atoms with Crippen LogP contribution in [0.5, 0.6) is 0 Å². The van der Waals surface area contributed by atoms with Crippen LogP contribution in [0.25, 0.3) is 16.9 Å². The predicted molar refractivity (Wildman–Crippen MR) is 126 cm³/mol. The molecule has 0 amide bonds. The monoisotopic (exact) mass is 483 g/mol. The summed E-state index contributed by atoms with van der Waals surface area (Å²) in [6, 6.07) is 17.8. The molecule has 2 heterocycles. The second-order valence-electron chi connectivity index (χ2n) is 6.96. The highest BCUT2D eigenvalue weighted by Crippen LogP contribution is 2.30. The van der Waals surface area contributed by atoms with Crippen LogP contribution in [-0.4, -0.2) is 26.7 Å². The SMILES string of the molecule is CB(O)NCc1cccc(CNc2cc(-c3ccccc3Cl)nc3c(Br)cnn23)c1. The maximum atomic E-state index is 9.42. The molecule has 9 heteroatoms. The first kappa shape index (κ1) is 20.9. The average molecular weight is 485 g/mol. The van der Waals surface area contributed by atoms with Crippen LogP contribution in [0.15, 0.2) is 65.3 Å². The summed E-state index contributed by atoms with van der Waals surface area (Å²) >= 11 is 9.93. The first-order chi connectivity index (χ1) is 14.5. The van der Waals surface area contributed by atoms with Crippen LogP contribution >= 0.6 is 27.5 Å². The average Bonchev–Trinajstić information content (AvgIpc) is 3.12. The van der Waals surface area contributed by atoms with E-state index in [2.05, 4.69) is 43.7 Å². The van der Waals surface area contributed by atoms with Crippen molar-refractivity contribution in [3.05, 3.63) is 81.4 Å². The third-order valence-corrected chi connectivity index (χ3v) is 5.53. The van der Waals surface area contributed by atoms with E-state index in [1.54, 1.807) is 17.5 Å². The van der Waals surface area contributed by atoms with E-state index in [4.69, 9.17) is 16.6 Å². The van der Waals surface area contributed by atoms with E-state index in [1.165, 1.54) is 0 Å². The minimum atomic E-state index is -0.543. The highest BCUT2D eigenvalue weighted by atomic mass is 79.9. The molecule has 0 saturated carbocycles. The largest absolute Gasteiger partial charge is 0.437 e. The van der Waals surface area contributed by atoms with Crippen molar-refractivity contribution in [3.63, 3.8) is 0 Å². The van der Waals surface area contributed by atoms with Crippen LogP contribution in [-0.2, 0) is 13.1 Å². The number of nitrogens with one attached hydrogen (secondary N) is 2. The predicted octanol–water partition coefficient (Wildman–Crippen LogP) is 4.62. The fourth-order valence-corrected chi connectivity index (χ4v) is 3.76. The molecule has 2 aromatic carbocycles.